The van der Waals surface area contributed by atoms with Crippen molar-refractivity contribution in [1.82, 2.24) is 29.5 Å². The lowest BCUT2D eigenvalue weighted by atomic mass is 10.0. The first-order chi connectivity index (χ1) is 23.9. The van der Waals surface area contributed by atoms with Crippen molar-refractivity contribution in [1.29, 1.82) is 0 Å². The zero-order valence-electron chi connectivity index (χ0n) is 29.6. The summed E-state index contributed by atoms with van der Waals surface area (Å²) in [4.78, 5) is 70.6. The Morgan fingerprint density at radius 3 is 2.53 bits per heavy atom. The minimum absolute atomic E-state index is 0.00953. The Balaban J connectivity index is 1.41. The van der Waals surface area contributed by atoms with Gasteiger partial charge in [-0.25, -0.2) is 18.7 Å². The van der Waals surface area contributed by atoms with Gasteiger partial charge < -0.3 is 25.0 Å². The third kappa shape index (κ3) is 8.80. The van der Waals surface area contributed by atoms with Crippen molar-refractivity contribution >= 4 is 40.1 Å². The molecule has 0 spiro atoms. The van der Waals surface area contributed by atoms with E-state index in [0.717, 1.165) is 10.7 Å². The van der Waals surface area contributed by atoms with E-state index in [4.69, 9.17) is 9.47 Å². The number of carbonyl (C=O) groups excluding carboxylic acids is 5. The Morgan fingerprint density at radius 1 is 1.10 bits per heavy atom. The smallest absolute Gasteiger partial charge is 0.410 e. The number of nitrogens with zero attached hydrogens (tertiary/aromatic N) is 3. The Hall–Kier alpha value is -4.25. The van der Waals surface area contributed by atoms with Gasteiger partial charge in [0.05, 0.1) is 13.1 Å². The van der Waals surface area contributed by atoms with Gasteiger partial charge in [0.25, 0.3) is 5.91 Å². The number of ether oxygens (including phenoxy) is 2. The lowest BCUT2D eigenvalue weighted by Crippen LogP contribution is -2.58. The number of amides is 5. The van der Waals surface area contributed by atoms with E-state index in [9.17, 15) is 36.8 Å². The average molecular weight is 735 g/mol. The topological polar surface area (TPSA) is 184 Å². The largest absolute Gasteiger partial charge is 0.444 e. The molecular weight excluding hydrogens is 687 g/mol. The highest BCUT2D eigenvalue weighted by atomic mass is 32.2. The highest BCUT2D eigenvalue weighted by Gasteiger charge is 2.62. The van der Waals surface area contributed by atoms with Crippen LogP contribution in [0.1, 0.15) is 76.8 Å². The molecule has 3 aliphatic heterocycles. The van der Waals surface area contributed by atoms with Crippen LogP contribution in [-0.4, -0.2) is 102 Å². The van der Waals surface area contributed by atoms with Crippen LogP contribution in [0.5, 0.6) is 0 Å². The van der Waals surface area contributed by atoms with E-state index in [1.807, 2.05) is 10.8 Å². The first-order valence-electron chi connectivity index (χ1n) is 17.2. The van der Waals surface area contributed by atoms with Crippen molar-refractivity contribution in [2.24, 2.45) is 5.92 Å². The fourth-order valence-electron chi connectivity index (χ4n) is 6.64. The summed E-state index contributed by atoms with van der Waals surface area (Å²) in [5, 5.41) is 5.40. The molecule has 0 radical (unpaired) electrons. The van der Waals surface area contributed by atoms with E-state index in [0.29, 0.717) is 30.4 Å². The van der Waals surface area contributed by atoms with Crippen LogP contribution >= 0.6 is 0 Å². The second-order valence-electron chi connectivity index (χ2n) is 14.7. The molecule has 3 N–H and O–H groups in total. The number of hydrogen-bond acceptors (Lipinski definition) is 9. The molecule has 0 aromatic heterocycles. The highest BCUT2D eigenvalue weighted by Crippen LogP contribution is 2.46. The van der Waals surface area contributed by atoms with Gasteiger partial charge in [0.15, 0.2) is 0 Å². The van der Waals surface area contributed by atoms with Crippen molar-refractivity contribution in [3.63, 3.8) is 0 Å². The van der Waals surface area contributed by atoms with E-state index in [2.05, 4.69) is 10.6 Å². The molecule has 3 heterocycles. The number of alkyl carbamates (subject to hydrolysis) is 1. The molecule has 1 aromatic carbocycles. The molecule has 51 heavy (non-hydrogen) atoms. The van der Waals surface area contributed by atoms with Crippen LogP contribution in [0.4, 0.5) is 14.0 Å². The van der Waals surface area contributed by atoms with Crippen molar-refractivity contribution in [3.05, 3.63) is 47.3 Å². The van der Waals surface area contributed by atoms with Gasteiger partial charge in [0.1, 0.15) is 35.1 Å². The predicted molar refractivity (Wildman–Crippen MR) is 181 cm³/mol. The average Bonchev–Trinajstić information content (AvgIpc) is 3.33. The van der Waals surface area contributed by atoms with Gasteiger partial charge in [-0.3, -0.25) is 19.3 Å². The van der Waals surface area contributed by atoms with Gasteiger partial charge in [0, 0.05) is 38.5 Å². The molecule has 5 rings (SSSR count). The molecule has 4 aliphatic rings. The number of allylic oxidation sites excluding steroid dienone is 1. The second-order valence-corrected chi connectivity index (χ2v) is 16.6. The minimum atomic E-state index is -4.20. The van der Waals surface area contributed by atoms with Crippen LogP contribution in [0.15, 0.2) is 30.4 Å². The number of carbonyl (C=O) groups is 5. The van der Waals surface area contributed by atoms with E-state index < -0.39 is 81.2 Å². The monoisotopic (exact) mass is 734 g/mol. The lowest BCUT2D eigenvalue weighted by molar-refractivity contribution is -0.141. The molecule has 17 heteroatoms. The van der Waals surface area contributed by atoms with Crippen molar-refractivity contribution < 1.29 is 46.3 Å². The van der Waals surface area contributed by atoms with E-state index in [1.165, 1.54) is 30.0 Å². The third-order valence-corrected chi connectivity index (χ3v) is 10.9. The Bertz CT molecular complexity index is 1700. The molecule has 5 atom stereocenters. The van der Waals surface area contributed by atoms with Crippen LogP contribution in [0.2, 0.25) is 0 Å². The van der Waals surface area contributed by atoms with Gasteiger partial charge in [-0.05, 0) is 58.1 Å². The maximum atomic E-state index is 14.4. The van der Waals surface area contributed by atoms with Gasteiger partial charge in [0.2, 0.25) is 11.8 Å². The first kappa shape index (κ1) is 38.0. The lowest BCUT2D eigenvalue weighted by Gasteiger charge is -2.30. The maximum Gasteiger partial charge on any atom is 0.410 e. The summed E-state index contributed by atoms with van der Waals surface area (Å²) in [6.07, 6.45) is 4.00. The normalized spacial score (nSPS) is 27.0. The molecule has 1 aromatic rings. The van der Waals surface area contributed by atoms with Crippen LogP contribution in [0.3, 0.4) is 0 Å². The Labute approximate surface area is 297 Å². The number of rotatable bonds is 5. The summed E-state index contributed by atoms with van der Waals surface area (Å²) in [7, 11) is -1.68. The molecule has 0 bridgehead atoms. The molecule has 1 aliphatic carbocycles. The van der Waals surface area contributed by atoms with E-state index in [1.54, 1.807) is 39.0 Å². The van der Waals surface area contributed by atoms with Crippen LogP contribution in [0, 0.1) is 11.7 Å². The quantitative estimate of drug-likeness (QED) is 0.383. The number of hydrogen-bond donors (Lipinski definition) is 3. The summed E-state index contributed by atoms with van der Waals surface area (Å²) < 4.78 is 53.7. The summed E-state index contributed by atoms with van der Waals surface area (Å²) in [5.74, 6) is -3.24. The summed E-state index contributed by atoms with van der Waals surface area (Å²) in [5.41, 5.74) is -1.43. The number of fused-ring (bicyclic) bond motifs is 3. The van der Waals surface area contributed by atoms with E-state index in [-0.39, 0.29) is 38.9 Å². The molecular formula is C34H47FN6O9S. The minimum Gasteiger partial charge on any atom is -0.444 e. The van der Waals surface area contributed by atoms with Crippen LogP contribution in [-0.2, 0) is 47.2 Å². The number of halogens is 1. The molecule has 0 unspecified atom stereocenters. The second kappa shape index (κ2) is 14.8. The van der Waals surface area contributed by atoms with Crippen molar-refractivity contribution in [3.8, 4) is 0 Å². The zero-order valence-corrected chi connectivity index (χ0v) is 30.4. The third-order valence-electron chi connectivity index (χ3n) is 9.49. The fraction of sp³-hybridized carbons (Fsp3) is 0.618. The molecule has 5 amide bonds. The van der Waals surface area contributed by atoms with Gasteiger partial charge in [-0.15, -0.1) is 0 Å². The Morgan fingerprint density at radius 2 is 1.84 bits per heavy atom. The van der Waals surface area contributed by atoms with Gasteiger partial charge >= 0.3 is 22.4 Å². The summed E-state index contributed by atoms with van der Waals surface area (Å²) >= 11 is 0. The maximum absolute atomic E-state index is 14.4. The highest BCUT2D eigenvalue weighted by molar-refractivity contribution is 7.87. The Kier molecular flexibility index (Phi) is 11.0. The molecule has 280 valence electrons. The SMILES string of the molecule is CN(C)S(=O)(=O)NC(=O)[C@@]12C[C@H]1C=CCCCCC[C@H](NC(=O)OC(C)(C)C)C(=O)N1C[C@H](OC(=O)N3Cc4cccc(F)c4C3)C[C@H]1C(=O)N2. The molecule has 15 nitrogen and oxygen atoms in total. The predicted octanol–water partition coefficient (Wildman–Crippen LogP) is 2.46. The number of nitrogens with one attached hydrogen (secondary N) is 3. The first-order valence-corrected chi connectivity index (χ1v) is 18.6. The van der Waals surface area contributed by atoms with Gasteiger partial charge in [-0.1, -0.05) is 37.1 Å². The van der Waals surface area contributed by atoms with Crippen LogP contribution < -0.4 is 15.4 Å². The summed E-state index contributed by atoms with van der Waals surface area (Å²) in [6.45, 7) is 4.97. The molecule has 2 fully saturated rings. The van der Waals surface area contributed by atoms with Gasteiger partial charge in [-0.2, -0.15) is 12.7 Å². The van der Waals surface area contributed by atoms with Crippen LogP contribution in [0.25, 0.3) is 0 Å². The fourth-order valence-corrected chi connectivity index (χ4v) is 7.24. The molecule has 1 saturated heterocycles. The molecule has 1 saturated carbocycles. The summed E-state index contributed by atoms with van der Waals surface area (Å²) in [6, 6.07) is 2.25. The number of benzene rings is 1. The van der Waals surface area contributed by atoms with E-state index >= 15 is 0 Å². The standard InChI is InChI=1S/C34H47FN6O9S/c1-33(2,3)50-31(45)36-26-15-10-8-6-7-9-13-22-17-34(22,30(44)38-51(47,48)39(4)5)37-28(42)27-16-23(19-41(27)29(26)43)49-32(46)40-18-21-12-11-14-25(35)24(21)20-40/h9,11-14,22-23,26-27H,6-8,10,15-20H2,1-5H3,(H,36,45)(H,37,42)(H,38,44)/t22-,23-,26+,27+,34-/m1/s1. The van der Waals surface area contributed by atoms with Crippen molar-refractivity contribution in [2.75, 3.05) is 20.6 Å². The zero-order chi connectivity index (χ0) is 37.3. The van der Waals surface area contributed by atoms with Crippen molar-refractivity contribution in [2.45, 2.75) is 108 Å².